The largest absolute Gasteiger partial charge is 0.482 e. The number of aryl methyl sites for hydroxylation is 1. The van der Waals surface area contributed by atoms with Crippen molar-refractivity contribution in [2.45, 2.75) is 33.0 Å². The third kappa shape index (κ3) is 3.59. The Morgan fingerprint density at radius 1 is 1.50 bits per heavy atom. The molecule has 0 aliphatic carbocycles. The van der Waals surface area contributed by atoms with Gasteiger partial charge in [-0.15, -0.1) is 0 Å². The minimum atomic E-state index is 0.361. The highest BCUT2D eigenvalue weighted by Gasteiger charge is 2.06. The Bertz CT molecular complexity index is 490. The molecule has 0 saturated heterocycles. The molecule has 0 spiro atoms. The van der Waals surface area contributed by atoms with Crippen LogP contribution in [0.25, 0.3) is 0 Å². The molecule has 0 aliphatic heterocycles. The number of nitrogens with zero attached hydrogens (tertiary/aromatic N) is 3. The molecular formula is C12H18N4O2. The highest BCUT2D eigenvalue weighted by molar-refractivity contribution is 5.12. The Morgan fingerprint density at radius 3 is 3.00 bits per heavy atom. The van der Waals surface area contributed by atoms with Crippen molar-refractivity contribution < 1.29 is 9.26 Å². The fourth-order valence-corrected chi connectivity index (χ4v) is 1.44. The number of rotatable bonds is 6. The van der Waals surface area contributed by atoms with Crippen LogP contribution in [0.5, 0.6) is 5.75 Å². The maximum Gasteiger partial charge on any atom is 0.174 e. The van der Waals surface area contributed by atoms with E-state index in [4.69, 9.17) is 9.26 Å². The van der Waals surface area contributed by atoms with E-state index in [9.17, 15) is 0 Å². The van der Waals surface area contributed by atoms with E-state index in [-0.39, 0.29) is 0 Å². The standard InChI is InChI=1S/C12H18N4O2/c1-9(2)13-5-10-4-11(18-15-10)8-17-12-6-14-16(3)7-12/h4,6-7,9,13H,5,8H2,1-3H3. The minimum Gasteiger partial charge on any atom is -0.482 e. The van der Waals surface area contributed by atoms with E-state index in [1.165, 1.54) is 0 Å². The normalized spacial score (nSPS) is 11.1. The molecule has 0 amide bonds. The predicted molar refractivity (Wildman–Crippen MR) is 66.0 cm³/mol. The van der Waals surface area contributed by atoms with Crippen LogP contribution in [0.3, 0.4) is 0 Å². The van der Waals surface area contributed by atoms with Crippen LogP contribution < -0.4 is 10.1 Å². The van der Waals surface area contributed by atoms with Crippen LogP contribution in [0.15, 0.2) is 23.0 Å². The summed E-state index contributed by atoms with van der Waals surface area (Å²) in [5, 5.41) is 11.3. The molecule has 6 heteroatoms. The zero-order chi connectivity index (χ0) is 13.0. The van der Waals surface area contributed by atoms with Gasteiger partial charge >= 0.3 is 0 Å². The van der Waals surface area contributed by atoms with Crippen LogP contribution in [0, 0.1) is 0 Å². The zero-order valence-corrected chi connectivity index (χ0v) is 10.9. The highest BCUT2D eigenvalue weighted by atomic mass is 16.5. The van der Waals surface area contributed by atoms with E-state index >= 15 is 0 Å². The first-order valence-corrected chi connectivity index (χ1v) is 5.93. The number of aromatic nitrogens is 3. The maximum absolute atomic E-state index is 5.51. The molecule has 6 nitrogen and oxygen atoms in total. The minimum absolute atomic E-state index is 0.361. The Hall–Kier alpha value is -1.82. The highest BCUT2D eigenvalue weighted by Crippen LogP contribution is 2.11. The summed E-state index contributed by atoms with van der Waals surface area (Å²) in [5.74, 6) is 1.43. The monoisotopic (exact) mass is 250 g/mol. The average Bonchev–Trinajstić information content (AvgIpc) is 2.93. The van der Waals surface area contributed by atoms with Crippen molar-refractivity contribution >= 4 is 0 Å². The molecule has 2 aromatic rings. The molecule has 98 valence electrons. The lowest BCUT2D eigenvalue weighted by atomic mass is 10.3. The van der Waals surface area contributed by atoms with Crippen molar-refractivity contribution in [2.24, 2.45) is 7.05 Å². The van der Waals surface area contributed by atoms with Crippen LogP contribution in [0.1, 0.15) is 25.3 Å². The Morgan fingerprint density at radius 2 is 2.33 bits per heavy atom. The van der Waals surface area contributed by atoms with E-state index in [2.05, 4.69) is 29.4 Å². The van der Waals surface area contributed by atoms with E-state index in [1.807, 2.05) is 13.1 Å². The molecule has 1 N–H and O–H groups in total. The quantitative estimate of drug-likeness (QED) is 0.841. The molecule has 2 heterocycles. The van der Waals surface area contributed by atoms with Crippen LogP contribution in [-0.4, -0.2) is 21.0 Å². The van der Waals surface area contributed by atoms with E-state index in [1.54, 1.807) is 17.1 Å². The van der Waals surface area contributed by atoms with Crippen molar-refractivity contribution in [2.75, 3.05) is 0 Å². The van der Waals surface area contributed by atoms with Crippen LogP contribution in [-0.2, 0) is 20.2 Å². The molecule has 0 fully saturated rings. The van der Waals surface area contributed by atoms with Gasteiger partial charge in [0, 0.05) is 25.7 Å². The third-order valence-electron chi connectivity index (χ3n) is 2.36. The second-order valence-electron chi connectivity index (χ2n) is 4.46. The maximum atomic E-state index is 5.51. The van der Waals surface area contributed by atoms with Crippen molar-refractivity contribution in [3.05, 3.63) is 29.9 Å². The molecule has 0 aliphatic rings. The second-order valence-corrected chi connectivity index (χ2v) is 4.46. The van der Waals surface area contributed by atoms with E-state index < -0.39 is 0 Å². The van der Waals surface area contributed by atoms with Gasteiger partial charge < -0.3 is 14.6 Å². The molecule has 0 aromatic carbocycles. The Labute approximate surface area is 106 Å². The third-order valence-corrected chi connectivity index (χ3v) is 2.36. The van der Waals surface area contributed by atoms with Gasteiger partial charge in [0.05, 0.1) is 18.1 Å². The van der Waals surface area contributed by atoms with E-state index in [0.717, 1.165) is 11.4 Å². The van der Waals surface area contributed by atoms with Gasteiger partial charge in [-0.1, -0.05) is 19.0 Å². The SMILES string of the molecule is CC(C)NCc1cc(COc2cnn(C)c2)on1. The molecule has 0 radical (unpaired) electrons. The van der Waals surface area contributed by atoms with Gasteiger partial charge in [0.1, 0.15) is 6.61 Å². The number of hydrogen-bond donors (Lipinski definition) is 1. The summed E-state index contributed by atoms with van der Waals surface area (Å²) in [6, 6.07) is 2.32. The van der Waals surface area contributed by atoms with E-state index in [0.29, 0.717) is 25.0 Å². The summed E-state index contributed by atoms with van der Waals surface area (Å²) in [4.78, 5) is 0. The number of nitrogens with one attached hydrogen (secondary N) is 1. The summed E-state index contributed by atoms with van der Waals surface area (Å²) in [6.07, 6.45) is 3.47. The number of ether oxygens (including phenoxy) is 1. The molecule has 2 aromatic heterocycles. The molecule has 0 bridgehead atoms. The van der Waals surface area contributed by atoms with Crippen molar-refractivity contribution in [3.8, 4) is 5.75 Å². The first kappa shape index (κ1) is 12.6. The van der Waals surface area contributed by atoms with Crippen molar-refractivity contribution in [3.63, 3.8) is 0 Å². The lowest BCUT2D eigenvalue weighted by molar-refractivity contribution is 0.248. The van der Waals surface area contributed by atoms with Crippen molar-refractivity contribution in [1.82, 2.24) is 20.3 Å². The molecule has 18 heavy (non-hydrogen) atoms. The zero-order valence-electron chi connectivity index (χ0n) is 10.9. The average molecular weight is 250 g/mol. The summed E-state index contributed by atoms with van der Waals surface area (Å²) in [5.41, 5.74) is 0.883. The summed E-state index contributed by atoms with van der Waals surface area (Å²) in [7, 11) is 1.84. The van der Waals surface area contributed by atoms with Crippen LogP contribution in [0.4, 0.5) is 0 Å². The topological polar surface area (TPSA) is 65.1 Å². The lowest BCUT2D eigenvalue weighted by Crippen LogP contribution is -2.21. The van der Waals surface area contributed by atoms with Gasteiger partial charge in [0.2, 0.25) is 0 Å². The first-order valence-electron chi connectivity index (χ1n) is 5.93. The van der Waals surface area contributed by atoms with Gasteiger partial charge in [-0.3, -0.25) is 4.68 Å². The van der Waals surface area contributed by atoms with Gasteiger partial charge in [-0.2, -0.15) is 5.10 Å². The molecule has 0 unspecified atom stereocenters. The summed E-state index contributed by atoms with van der Waals surface area (Å²) >= 11 is 0. The van der Waals surface area contributed by atoms with Gasteiger partial charge in [-0.25, -0.2) is 0 Å². The fraction of sp³-hybridized carbons (Fsp3) is 0.500. The van der Waals surface area contributed by atoms with Gasteiger partial charge in [-0.05, 0) is 0 Å². The predicted octanol–water partition coefficient (Wildman–Crippen LogP) is 1.49. The molecule has 0 saturated carbocycles. The lowest BCUT2D eigenvalue weighted by Gasteiger charge is -2.03. The molecule has 0 atom stereocenters. The molecule has 2 rings (SSSR count). The van der Waals surface area contributed by atoms with Crippen LogP contribution in [0.2, 0.25) is 0 Å². The van der Waals surface area contributed by atoms with Crippen LogP contribution >= 0.6 is 0 Å². The summed E-state index contributed by atoms with van der Waals surface area (Å²) < 4.78 is 12.4. The first-order chi connectivity index (χ1) is 8.63. The second kappa shape index (κ2) is 5.68. The summed E-state index contributed by atoms with van der Waals surface area (Å²) in [6.45, 7) is 5.24. The fourth-order valence-electron chi connectivity index (χ4n) is 1.44. The van der Waals surface area contributed by atoms with Crippen molar-refractivity contribution in [1.29, 1.82) is 0 Å². The molecular weight excluding hydrogens is 232 g/mol. The Kier molecular flexibility index (Phi) is 3.99. The number of hydrogen-bond acceptors (Lipinski definition) is 5. The van der Waals surface area contributed by atoms with Gasteiger partial charge in [0.15, 0.2) is 11.5 Å². The Balaban J connectivity index is 1.83. The smallest absolute Gasteiger partial charge is 0.174 e. The van der Waals surface area contributed by atoms with Gasteiger partial charge in [0.25, 0.3) is 0 Å².